The van der Waals surface area contributed by atoms with Crippen molar-refractivity contribution in [2.24, 2.45) is 5.92 Å². The lowest BCUT2D eigenvalue weighted by atomic mass is 10.1. The first kappa shape index (κ1) is 34.8. The van der Waals surface area contributed by atoms with Gasteiger partial charge in [-0.15, -0.1) is 0 Å². The van der Waals surface area contributed by atoms with Crippen LogP contribution in [0.1, 0.15) is 13.3 Å². The van der Waals surface area contributed by atoms with Crippen molar-refractivity contribution in [3.05, 3.63) is 50.6 Å². The molecular weight excluding hydrogens is 424 g/mol. The maximum Gasteiger partial charge on any atom is 0.327 e. The standard InChI is InChI=1S/C6H10O5.4C3H4O2/c1-3-2-5(8,9)4(7)6(3,10)11;4*1-2-3(4)5/h3,8-11H,2H2,1H3;4*2H,1H2,(H,4,5). The fourth-order valence-electron chi connectivity index (χ4n) is 1.18. The van der Waals surface area contributed by atoms with E-state index in [0.29, 0.717) is 0 Å². The molecule has 13 heteroatoms. The zero-order valence-electron chi connectivity index (χ0n) is 16.5. The third kappa shape index (κ3) is 20.9. The monoisotopic (exact) mass is 450 g/mol. The highest BCUT2D eigenvalue weighted by Gasteiger charge is 2.58. The second-order valence-electron chi connectivity index (χ2n) is 5.15. The quantitative estimate of drug-likeness (QED) is 0.189. The Bertz CT molecular complexity index is 602. The minimum absolute atomic E-state index is 0.348. The van der Waals surface area contributed by atoms with Crippen molar-refractivity contribution in [3.8, 4) is 0 Å². The summed E-state index contributed by atoms with van der Waals surface area (Å²) >= 11 is 0. The number of aliphatic carboxylic acids is 4. The molecule has 0 aromatic rings. The fraction of sp³-hybridized carbons (Fsp3) is 0.278. The van der Waals surface area contributed by atoms with Crippen LogP contribution < -0.4 is 0 Å². The summed E-state index contributed by atoms with van der Waals surface area (Å²) in [5, 5.41) is 66.0. The van der Waals surface area contributed by atoms with E-state index in [9.17, 15) is 24.0 Å². The summed E-state index contributed by atoms with van der Waals surface area (Å²) in [5.41, 5.74) is 0. The van der Waals surface area contributed by atoms with E-state index in [2.05, 4.69) is 26.3 Å². The molecule has 1 unspecified atom stereocenters. The molecule has 0 aromatic carbocycles. The number of aliphatic hydroxyl groups is 4. The lowest BCUT2D eigenvalue weighted by molar-refractivity contribution is -0.209. The fourth-order valence-corrected chi connectivity index (χ4v) is 1.18. The normalized spacial score (nSPS) is 16.3. The molecule has 0 heterocycles. The number of carbonyl (C=O) groups is 5. The molecule has 0 aromatic heterocycles. The Morgan fingerprint density at radius 3 is 0.968 bits per heavy atom. The zero-order chi connectivity index (χ0) is 26.0. The summed E-state index contributed by atoms with van der Waals surface area (Å²) in [6.45, 7) is 13.2. The van der Waals surface area contributed by atoms with Crippen LogP contribution in [0.15, 0.2) is 50.6 Å². The van der Waals surface area contributed by atoms with Crippen LogP contribution in [0.5, 0.6) is 0 Å². The minimum Gasteiger partial charge on any atom is -0.478 e. The molecule has 1 aliphatic carbocycles. The van der Waals surface area contributed by atoms with E-state index in [4.69, 9.17) is 40.9 Å². The van der Waals surface area contributed by atoms with E-state index in [-0.39, 0.29) is 6.42 Å². The van der Waals surface area contributed by atoms with Gasteiger partial charge in [0, 0.05) is 36.6 Å². The van der Waals surface area contributed by atoms with Crippen LogP contribution in [0.25, 0.3) is 0 Å². The van der Waals surface area contributed by atoms with Gasteiger partial charge < -0.3 is 40.9 Å². The molecule has 0 amide bonds. The van der Waals surface area contributed by atoms with Crippen molar-refractivity contribution < 1.29 is 64.8 Å². The third-order valence-electron chi connectivity index (χ3n) is 2.67. The molecule has 13 nitrogen and oxygen atoms in total. The van der Waals surface area contributed by atoms with Crippen LogP contribution in [-0.2, 0) is 24.0 Å². The van der Waals surface area contributed by atoms with Crippen LogP contribution >= 0.6 is 0 Å². The Balaban J connectivity index is -0.000000157. The van der Waals surface area contributed by atoms with E-state index in [1.807, 2.05) is 0 Å². The molecule has 1 saturated carbocycles. The SMILES string of the molecule is C=CC(=O)O.C=CC(=O)O.C=CC(=O)O.C=CC(=O)O.CC1CC(O)(O)C(=O)C1(O)O. The van der Waals surface area contributed by atoms with E-state index in [1.165, 1.54) is 6.92 Å². The van der Waals surface area contributed by atoms with Gasteiger partial charge in [0.1, 0.15) is 0 Å². The van der Waals surface area contributed by atoms with Crippen LogP contribution in [0.3, 0.4) is 0 Å². The lowest BCUT2D eigenvalue weighted by Gasteiger charge is -2.17. The summed E-state index contributed by atoms with van der Waals surface area (Å²) in [7, 11) is 0. The lowest BCUT2D eigenvalue weighted by Crippen LogP contribution is -2.46. The van der Waals surface area contributed by atoms with Crippen LogP contribution in [0, 0.1) is 5.92 Å². The second-order valence-corrected chi connectivity index (χ2v) is 5.15. The Morgan fingerprint density at radius 1 is 0.742 bits per heavy atom. The number of hydrogen-bond acceptors (Lipinski definition) is 9. The Labute approximate surface area is 176 Å². The first-order valence-electron chi connectivity index (χ1n) is 7.72. The molecule has 0 bridgehead atoms. The molecule has 176 valence electrons. The number of rotatable bonds is 4. The van der Waals surface area contributed by atoms with Gasteiger partial charge in [0.25, 0.3) is 0 Å². The van der Waals surface area contributed by atoms with Gasteiger partial charge in [-0.2, -0.15) is 0 Å². The Morgan fingerprint density at radius 2 is 0.935 bits per heavy atom. The first-order chi connectivity index (χ1) is 13.9. The van der Waals surface area contributed by atoms with Crippen molar-refractivity contribution in [2.75, 3.05) is 0 Å². The highest BCUT2D eigenvalue weighted by molar-refractivity contribution is 5.94. The maximum absolute atomic E-state index is 10.8. The van der Waals surface area contributed by atoms with Crippen molar-refractivity contribution in [3.63, 3.8) is 0 Å². The summed E-state index contributed by atoms with van der Waals surface area (Å²) in [6, 6.07) is 0. The number of carboxylic acid groups (broad SMARTS) is 4. The van der Waals surface area contributed by atoms with E-state index < -0.39 is 47.2 Å². The number of carboxylic acids is 4. The van der Waals surface area contributed by atoms with Crippen molar-refractivity contribution in [1.29, 1.82) is 0 Å². The highest BCUT2D eigenvalue weighted by atomic mass is 16.5. The van der Waals surface area contributed by atoms with Gasteiger partial charge in [-0.25, -0.2) is 19.2 Å². The van der Waals surface area contributed by atoms with Gasteiger partial charge in [-0.1, -0.05) is 33.2 Å². The van der Waals surface area contributed by atoms with Crippen molar-refractivity contribution >= 4 is 29.7 Å². The predicted molar refractivity (Wildman–Crippen MR) is 104 cm³/mol. The zero-order valence-corrected chi connectivity index (χ0v) is 16.5. The number of ketones is 1. The molecule has 1 atom stereocenters. The predicted octanol–water partition coefficient (Wildman–Crippen LogP) is -1.01. The molecular formula is C18H26O13. The first-order valence-corrected chi connectivity index (χ1v) is 7.72. The molecule has 0 spiro atoms. The molecule has 1 fully saturated rings. The topological polar surface area (TPSA) is 247 Å². The number of carbonyl (C=O) groups excluding carboxylic acids is 1. The van der Waals surface area contributed by atoms with Crippen molar-refractivity contribution in [1.82, 2.24) is 0 Å². The summed E-state index contributed by atoms with van der Waals surface area (Å²) in [4.78, 5) is 47.8. The summed E-state index contributed by atoms with van der Waals surface area (Å²) < 4.78 is 0. The van der Waals surface area contributed by atoms with Crippen LogP contribution in [0.2, 0.25) is 0 Å². The van der Waals surface area contributed by atoms with Crippen LogP contribution in [0.4, 0.5) is 0 Å². The highest BCUT2D eigenvalue weighted by Crippen LogP contribution is 2.35. The van der Waals surface area contributed by atoms with Gasteiger partial charge in [0.2, 0.25) is 17.4 Å². The van der Waals surface area contributed by atoms with Crippen molar-refractivity contribution in [2.45, 2.75) is 24.9 Å². The van der Waals surface area contributed by atoms with Gasteiger partial charge in [-0.05, 0) is 0 Å². The summed E-state index contributed by atoms with van der Waals surface area (Å²) in [5.74, 6) is -11.3. The Kier molecular flexibility index (Phi) is 19.4. The van der Waals surface area contributed by atoms with Gasteiger partial charge in [-0.3, -0.25) is 4.79 Å². The second kappa shape index (κ2) is 17.2. The smallest absolute Gasteiger partial charge is 0.327 e. The maximum atomic E-state index is 10.8. The average molecular weight is 450 g/mol. The third-order valence-corrected chi connectivity index (χ3v) is 2.67. The summed E-state index contributed by atoms with van der Waals surface area (Å²) in [6.07, 6.45) is 2.98. The molecule has 31 heavy (non-hydrogen) atoms. The molecule has 0 radical (unpaired) electrons. The Hall–Kier alpha value is -3.65. The van der Waals surface area contributed by atoms with Gasteiger partial charge in [0.15, 0.2) is 0 Å². The molecule has 1 rings (SSSR count). The average Bonchev–Trinajstić information content (AvgIpc) is 2.81. The molecule has 0 saturated heterocycles. The van der Waals surface area contributed by atoms with E-state index in [0.717, 1.165) is 24.3 Å². The van der Waals surface area contributed by atoms with Crippen LogP contribution in [-0.4, -0.2) is 82.1 Å². The van der Waals surface area contributed by atoms with Gasteiger partial charge in [0.05, 0.1) is 0 Å². The number of Topliss-reactive ketones (excluding diaryl/α,β-unsaturated/α-hetero) is 1. The number of hydrogen-bond donors (Lipinski definition) is 8. The van der Waals surface area contributed by atoms with E-state index in [1.54, 1.807) is 0 Å². The van der Waals surface area contributed by atoms with Gasteiger partial charge >= 0.3 is 23.9 Å². The molecule has 1 aliphatic rings. The minimum atomic E-state index is -2.59. The molecule has 0 aliphatic heterocycles. The van der Waals surface area contributed by atoms with E-state index >= 15 is 0 Å². The largest absolute Gasteiger partial charge is 0.478 e. The molecule has 8 N–H and O–H groups in total.